The molecule has 7 aromatic carbocycles. The first kappa shape index (κ1) is 27.2. The lowest BCUT2D eigenvalue weighted by Crippen LogP contribution is -2.09. The summed E-state index contributed by atoms with van der Waals surface area (Å²) in [6.45, 7) is 0. The first-order valence-corrected chi connectivity index (χ1v) is 16.9. The van der Waals surface area contributed by atoms with E-state index in [-0.39, 0.29) is 0 Å². The summed E-state index contributed by atoms with van der Waals surface area (Å²) >= 11 is 0. The summed E-state index contributed by atoms with van der Waals surface area (Å²) in [4.78, 5) is 2.28. The van der Waals surface area contributed by atoms with Crippen LogP contribution in [0, 0.1) is 0 Å². The van der Waals surface area contributed by atoms with Gasteiger partial charge in [-0.25, -0.2) is 0 Å². The first-order chi connectivity index (χ1) is 24.7. The second-order valence-electron chi connectivity index (χ2n) is 13.1. The van der Waals surface area contributed by atoms with Gasteiger partial charge in [-0.05, 0) is 106 Å². The minimum absolute atomic E-state index is 0.853. The topological polar surface area (TPSA) is 33.9 Å². The van der Waals surface area contributed by atoms with Crippen LogP contribution in [0.25, 0.3) is 82.1 Å². The Morgan fingerprint density at radius 1 is 0.380 bits per heavy atom. The van der Waals surface area contributed by atoms with Crippen LogP contribution in [-0.4, -0.2) is 4.40 Å². The van der Waals surface area contributed by atoms with E-state index in [1.165, 1.54) is 32.6 Å². The Hall–Kier alpha value is -6.78. The van der Waals surface area contributed by atoms with E-state index >= 15 is 0 Å². The average molecular weight is 641 g/mol. The van der Waals surface area contributed by atoms with Crippen LogP contribution in [0.4, 0.5) is 17.1 Å². The Kier molecular flexibility index (Phi) is 5.63. The van der Waals surface area contributed by atoms with Gasteiger partial charge in [0.2, 0.25) is 0 Å². The van der Waals surface area contributed by atoms with Crippen LogP contribution in [0.5, 0.6) is 0 Å². The molecule has 11 rings (SSSR count). The third kappa shape index (κ3) is 4.19. The number of furan rings is 2. The summed E-state index contributed by atoms with van der Waals surface area (Å²) in [5, 5.41) is 9.20. The molecule has 0 atom stereocenters. The van der Waals surface area contributed by atoms with Crippen LogP contribution in [0.3, 0.4) is 0 Å². The number of hydrogen-bond donors (Lipinski definition) is 0. The molecular formula is C46H28N2O2. The quantitative estimate of drug-likeness (QED) is 0.192. The van der Waals surface area contributed by atoms with Crippen molar-refractivity contribution in [2.75, 3.05) is 4.90 Å². The van der Waals surface area contributed by atoms with Crippen LogP contribution < -0.4 is 4.90 Å². The number of benzene rings is 7. The molecule has 234 valence electrons. The van der Waals surface area contributed by atoms with Crippen molar-refractivity contribution < 1.29 is 8.83 Å². The van der Waals surface area contributed by atoms with E-state index in [2.05, 4.69) is 179 Å². The maximum Gasteiger partial charge on any atom is 0.137 e. The van der Waals surface area contributed by atoms with Crippen LogP contribution in [0.15, 0.2) is 179 Å². The predicted octanol–water partition coefficient (Wildman–Crippen LogP) is 13.2. The molecule has 0 unspecified atom stereocenters. The van der Waals surface area contributed by atoms with Crippen LogP contribution in [0.2, 0.25) is 0 Å². The van der Waals surface area contributed by atoms with Crippen molar-refractivity contribution in [2.45, 2.75) is 0 Å². The molecule has 4 heteroatoms. The van der Waals surface area contributed by atoms with E-state index < -0.39 is 0 Å². The van der Waals surface area contributed by atoms with Crippen molar-refractivity contribution in [1.82, 2.24) is 4.40 Å². The van der Waals surface area contributed by atoms with E-state index in [1.54, 1.807) is 0 Å². The van der Waals surface area contributed by atoms with Gasteiger partial charge < -0.3 is 18.1 Å². The van der Waals surface area contributed by atoms with Gasteiger partial charge in [-0.2, -0.15) is 0 Å². The maximum atomic E-state index is 6.53. The molecule has 0 radical (unpaired) electrons. The molecule has 0 aliphatic rings. The van der Waals surface area contributed by atoms with Crippen LogP contribution in [0.1, 0.15) is 0 Å². The Bertz CT molecular complexity index is 2920. The number of fused-ring (bicyclic) bond motifs is 9. The van der Waals surface area contributed by atoms with E-state index in [4.69, 9.17) is 8.83 Å². The summed E-state index contributed by atoms with van der Waals surface area (Å²) in [5.74, 6) is 0. The van der Waals surface area contributed by atoms with Gasteiger partial charge in [0, 0.05) is 74.2 Å². The van der Waals surface area contributed by atoms with E-state index in [0.29, 0.717) is 0 Å². The molecule has 0 aliphatic carbocycles. The van der Waals surface area contributed by atoms with Crippen LogP contribution >= 0.6 is 0 Å². The Morgan fingerprint density at radius 2 is 0.880 bits per heavy atom. The van der Waals surface area contributed by atoms with Crippen molar-refractivity contribution >= 4 is 88.0 Å². The molecule has 0 bridgehead atoms. The monoisotopic (exact) mass is 640 g/mol. The number of aromatic nitrogens is 1. The maximum absolute atomic E-state index is 6.53. The van der Waals surface area contributed by atoms with Gasteiger partial charge in [0.1, 0.15) is 22.3 Å². The zero-order valence-electron chi connectivity index (χ0n) is 26.9. The molecule has 0 saturated carbocycles. The Balaban J connectivity index is 1.08. The lowest BCUT2D eigenvalue weighted by Gasteiger charge is -2.25. The lowest BCUT2D eigenvalue weighted by atomic mass is 10.0. The summed E-state index contributed by atoms with van der Waals surface area (Å²) < 4.78 is 15.2. The largest absolute Gasteiger partial charge is 0.456 e. The molecule has 0 aliphatic heterocycles. The smallest absolute Gasteiger partial charge is 0.137 e. The third-order valence-corrected chi connectivity index (χ3v) is 10.1. The molecule has 0 N–H and O–H groups in total. The Labute approximate surface area is 286 Å². The molecule has 4 aromatic heterocycles. The second-order valence-corrected chi connectivity index (χ2v) is 13.1. The molecular weight excluding hydrogens is 613 g/mol. The Morgan fingerprint density at radius 3 is 1.44 bits per heavy atom. The van der Waals surface area contributed by atoms with Crippen LogP contribution in [-0.2, 0) is 0 Å². The highest BCUT2D eigenvalue weighted by molar-refractivity contribution is 6.12. The van der Waals surface area contributed by atoms with E-state index in [0.717, 1.165) is 66.5 Å². The molecule has 11 aromatic rings. The van der Waals surface area contributed by atoms with Crippen molar-refractivity contribution in [3.63, 3.8) is 0 Å². The summed E-state index contributed by atoms with van der Waals surface area (Å²) in [7, 11) is 0. The van der Waals surface area contributed by atoms with Crippen molar-refractivity contribution in [1.29, 1.82) is 0 Å². The fourth-order valence-corrected chi connectivity index (χ4v) is 7.64. The van der Waals surface area contributed by atoms with Crippen molar-refractivity contribution in [2.24, 2.45) is 0 Å². The highest BCUT2D eigenvalue weighted by Crippen LogP contribution is 2.42. The first-order valence-electron chi connectivity index (χ1n) is 16.9. The normalized spacial score (nSPS) is 12.0. The molecule has 0 saturated heterocycles. The van der Waals surface area contributed by atoms with Gasteiger partial charge in [0.05, 0.1) is 0 Å². The summed E-state index contributed by atoms with van der Waals surface area (Å²) in [5.41, 5.74) is 10.1. The highest BCUT2D eigenvalue weighted by Gasteiger charge is 2.18. The molecule has 0 fully saturated rings. The minimum atomic E-state index is 0.853. The number of nitrogens with zero attached hydrogens (tertiary/aromatic N) is 2. The molecule has 4 nitrogen and oxygen atoms in total. The van der Waals surface area contributed by atoms with Gasteiger partial charge in [0.15, 0.2) is 0 Å². The second kappa shape index (κ2) is 10.4. The fraction of sp³-hybridized carbons (Fsp3) is 0. The van der Waals surface area contributed by atoms with Gasteiger partial charge in [0.25, 0.3) is 0 Å². The van der Waals surface area contributed by atoms with Crippen molar-refractivity contribution in [3.8, 4) is 11.1 Å². The summed E-state index contributed by atoms with van der Waals surface area (Å²) in [6, 6.07) is 56.0. The standard InChI is InChI=1S/C46H28N2O2/c1-3-9-32-24-43-41(22-30(32)7-1)39-18-16-37(26-45(39)49-43)48(35-14-12-29(13-15-35)34-21-36-11-5-6-20-47(36)28-34)38-17-19-40-42-23-31-8-2-4-10-33(31)25-44(42)50-46(40)27-38/h1-28H. The predicted molar refractivity (Wildman–Crippen MR) is 207 cm³/mol. The number of rotatable bonds is 4. The van der Waals surface area contributed by atoms with Gasteiger partial charge in [-0.1, -0.05) is 66.7 Å². The average Bonchev–Trinajstić information content (AvgIpc) is 3.85. The third-order valence-electron chi connectivity index (χ3n) is 10.1. The van der Waals surface area contributed by atoms with E-state index in [1.807, 2.05) is 0 Å². The lowest BCUT2D eigenvalue weighted by molar-refractivity contribution is 0.669. The molecule has 50 heavy (non-hydrogen) atoms. The minimum Gasteiger partial charge on any atom is -0.456 e. The number of hydrogen-bond acceptors (Lipinski definition) is 3. The van der Waals surface area contributed by atoms with Gasteiger partial charge >= 0.3 is 0 Å². The molecule has 0 spiro atoms. The SMILES string of the molecule is c1ccc2cc3c(cc2c1)oc1cc(N(c2ccc(-c4cc5ccccn5c4)cc2)c2ccc4c(c2)oc2cc5ccccc5cc24)ccc13. The fourth-order valence-electron chi connectivity index (χ4n) is 7.64. The van der Waals surface area contributed by atoms with Gasteiger partial charge in [-0.15, -0.1) is 0 Å². The van der Waals surface area contributed by atoms with Gasteiger partial charge in [-0.3, -0.25) is 0 Å². The molecule has 4 heterocycles. The number of anilines is 3. The van der Waals surface area contributed by atoms with E-state index in [9.17, 15) is 0 Å². The summed E-state index contributed by atoms with van der Waals surface area (Å²) in [6.07, 6.45) is 4.27. The zero-order valence-corrected chi connectivity index (χ0v) is 26.9. The molecule has 0 amide bonds. The van der Waals surface area contributed by atoms with Crippen molar-refractivity contribution in [3.05, 3.63) is 170 Å². The zero-order chi connectivity index (χ0) is 32.8. The highest BCUT2D eigenvalue weighted by atomic mass is 16.3. The number of pyridine rings is 1.